The lowest BCUT2D eigenvalue weighted by Crippen LogP contribution is -2.50. The molecule has 0 aromatic carbocycles. The molecule has 3 atom stereocenters. The first kappa shape index (κ1) is 39.3. The highest BCUT2D eigenvalue weighted by molar-refractivity contribution is 7.85. The summed E-state index contributed by atoms with van der Waals surface area (Å²) in [7, 11) is -4.45. The minimum atomic E-state index is -4.45. The number of amides is 1. The summed E-state index contributed by atoms with van der Waals surface area (Å²) in [5.74, 6) is -1.59. The molecule has 0 bridgehead atoms. The van der Waals surface area contributed by atoms with E-state index < -0.39 is 40.0 Å². The third kappa shape index (κ3) is 26.9. The van der Waals surface area contributed by atoms with Crippen LogP contribution in [0.1, 0.15) is 129 Å². The second-order valence-corrected chi connectivity index (χ2v) is 12.3. The molecular formula is C33H59NO6S. The number of allylic oxidation sites excluding steroid dienone is 7. The highest BCUT2D eigenvalue weighted by Crippen LogP contribution is 2.10. The zero-order valence-electron chi connectivity index (χ0n) is 25.8. The van der Waals surface area contributed by atoms with Crippen molar-refractivity contribution in [2.75, 3.05) is 5.75 Å². The summed E-state index contributed by atoms with van der Waals surface area (Å²) in [6, 6.07) is -1.26. The van der Waals surface area contributed by atoms with E-state index in [1.807, 2.05) is 0 Å². The Labute approximate surface area is 251 Å². The fourth-order valence-electron chi connectivity index (χ4n) is 4.29. The lowest BCUT2D eigenvalue weighted by Gasteiger charge is -2.22. The van der Waals surface area contributed by atoms with Crippen molar-refractivity contribution in [3.63, 3.8) is 0 Å². The van der Waals surface area contributed by atoms with Crippen LogP contribution in [-0.2, 0) is 14.9 Å². The van der Waals surface area contributed by atoms with Gasteiger partial charge >= 0.3 is 0 Å². The Bertz CT molecular complexity index is 850. The molecule has 238 valence electrons. The van der Waals surface area contributed by atoms with E-state index in [4.69, 9.17) is 0 Å². The molecule has 1 amide bonds. The number of carbonyl (C=O) groups is 1. The molecule has 0 saturated carbocycles. The van der Waals surface area contributed by atoms with Crippen LogP contribution in [0.25, 0.3) is 0 Å². The Kier molecular flexibility index (Phi) is 26.0. The summed E-state index contributed by atoms with van der Waals surface area (Å²) in [4.78, 5) is 12.4. The van der Waals surface area contributed by atoms with Crippen molar-refractivity contribution in [2.45, 2.75) is 148 Å². The molecule has 8 heteroatoms. The summed E-state index contributed by atoms with van der Waals surface area (Å²) >= 11 is 0. The molecule has 0 heterocycles. The molecule has 0 spiro atoms. The topological polar surface area (TPSA) is 124 Å². The predicted octanol–water partition coefficient (Wildman–Crippen LogP) is 7.37. The molecule has 3 unspecified atom stereocenters. The van der Waals surface area contributed by atoms with E-state index in [2.05, 4.69) is 55.6 Å². The normalized spacial score (nSPS) is 15.0. The Morgan fingerprint density at radius 3 is 1.66 bits per heavy atom. The van der Waals surface area contributed by atoms with Gasteiger partial charge in [-0.05, 0) is 64.2 Å². The highest BCUT2D eigenvalue weighted by atomic mass is 32.2. The van der Waals surface area contributed by atoms with Gasteiger partial charge < -0.3 is 15.5 Å². The lowest BCUT2D eigenvalue weighted by atomic mass is 10.1. The third-order valence-corrected chi connectivity index (χ3v) is 7.59. The van der Waals surface area contributed by atoms with Gasteiger partial charge in [-0.15, -0.1) is 0 Å². The average Bonchev–Trinajstić information content (AvgIpc) is 2.92. The number of aliphatic hydroxyl groups is 2. The van der Waals surface area contributed by atoms with Gasteiger partial charge in [-0.25, -0.2) is 0 Å². The number of nitrogens with one attached hydrogen (secondary N) is 1. The maximum atomic E-state index is 12.4. The van der Waals surface area contributed by atoms with Crippen molar-refractivity contribution in [1.29, 1.82) is 0 Å². The summed E-state index contributed by atoms with van der Waals surface area (Å²) in [5, 5.41) is 23.1. The van der Waals surface area contributed by atoms with E-state index in [0.717, 1.165) is 51.4 Å². The number of hydrogen-bond acceptors (Lipinski definition) is 5. The highest BCUT2D eigenvalue weighted by Gasteiger charge is 2.27. The molecule has 0 aliphatic heterocycles. The number of carbonyl (C=O) groups excluding carboxylic acids is 1. The molecule has 0 rings (SSSR count). The van der Waals surface area contributed by atoms with Crippen LogP contribution in [0.3, 0.4) is 0 Å². The van der Waals surface area contributed by atoms with Gasteiger partial charge in [-0.2, -0.15) is 8.42 Å². The van der Waals surface area contributed by atoms with Crippen molar-refractivity contribution in [3.8, 4) is 0 Å². The molecule has 0 aliphatic carbocycles. The van der Waals surface area contributed by atoms with Gasteiger partial charge in [0, 0.05) is 0 Å². The lowest BCUT2D eigenvalue weighted by molar-refractivity contribution is -0.130. The van der Waals surface area contributed by atoms with Gasteiger partial charge in [-0.3, -0.25) is 9.35 Å². The summed E-state index contributed by atoms with van der Waals surface area (Å²) < 4.78 is 32.2. The van der Waals surface area contributed by atoms with Crippen LogP contribution in [0.2, 0.25) is 0 Å². The molecule has 0 fully saturated rings. The van der Waals surface area contributed by atoms with Gasteiger partial charge in [0.2, 0.25) is 5.91 Å². The SMILES string of the molecule is CCCC/C=C\CCCCCC(O)C(=O)NC(CS(=O)(=O)O)C(O)/C=C/CC/C=C/CC/C=C/CCCCCCC. The van der Waals surface area contributed by atoms with E-state index in [-0.39, 0.29) is 6.42 Å². The van der Waals surface area contributed by atoms with Crippen molar-refractivity contribution >= 4 is 16.0 Å². The van der Waals surface area contributed by atoms with Gasteiger partial charge in [0.15, 0.2) is 0 Å². The minimum absolute atomic E-state index is 0.247. The maximum absolute atomic E-state index is 12.4. The quantitative estimate of drug-likeness (QED) is 0.0445. The maximum Gasteiger partial charge on any atom is 0.267 e. The second kappa shape index (κ2) is 27.1. The fraction of sp³-hybridized carbons (Fsp3) is 0.727. The number of rotatable bonds is 27. The average molecular weight is 598 g/mol. The van der Waals surface area contributed by atoms with E-state index in [9.17, 15) is 28.0 Å². The van der Waals surface area contributed by atoms with Gasteiger partial charge in [-0.1, -0.05) is 114 Å². The standard InChI is InChI=1S/C33H59NO6S/c1-3-5-7-9-11-13-14-15-16-17-18-20-21-23-25-27-31(35)30(29-41(38,39)40)34-33(37)32(36)28-26-24-22-19-12-10-8-6-4-2/h10,12,14-15,18,20,25,27,30-32,35-36H,3-9,11,13,16-17,19,21-24,26,28-29H2,1-2H3,(H,34,37)(H,38,39,40)/b12-10-,15-14+,20-18+,27-25+. The van der Waals surface area contributed by atoms with Gasteiger partial charge in [0.25, 0.3) is 10.1 Å². The van der Waals surface area contributed by atoms with E-state index in [0.29, 0.717) is 12.8 Å². The fourth-order valence-corrected chi connectivity index (χ4v) is 5.02. The number of hydrogen-bond donors (Lipinski definition) is 4. The van der Waals surface area contributed by atoms with Crippen molar-refractivity contribution < 1.29 is 28.0 Å². The molecule has 0 saturated heterocycles. The zero-order chi connectivity index (χ0) is 30.6. The van der Waals surface area contributed by atoms with E-state index >= 15 is 0 Å². The summed E-state index contributed by atoms with van der Waals surface area (Å²) in [5.41, 5.74) is 0. The molecule has 4 N–H and O–H groups in total. The number of unbranched alkanes of at least 4 members (excludes halogenated alkanes) is 12. The predicted molar refractivity (Wildman–Crippen MR) is 171 cm³/mol. The van der Waals surface area contributed by atoms with Crippen LogP contribution < -0.4 is 5.32 Å². The van der Waals surface area contributed by atoms with Gasteiger partial charge in [0.1, 0.15) is 6.10 Å². The van der Waals surface area contributed by atoms with Crippen molar-refractivity contribution in [3.05, 3.63) is 48.6 Å². The van der Waals surface area contributed by atoms with Crippen molar-refractivity contribution in [1.82, 2.24) is 5.32 Å². The van der Waals surface area contributed by atoms with Gasteiger partial charge in [0.05, 0.1) is 17.9 Å². The van der Waals surface area contributed by atoms with Crippen LogP contribution >= 0.6 is 0 Å². The largest absolute Gasteiger partial charge is 0.387 e. The molecule has 0 radical (unpaired) electrons. The number of aliphatic hydroxyl groups excluding tert-OH is 2. The first-order valence-electron chi connectivity index (χ1n) is 15.9. The molecule has 41 heavy (non-hydrogen) atoms. The molecule has 0 aliphatic rings. The van der Waals surface area contributed by atoms with Crippen LogP contribution in [0.15, 0.2) is 48.6 Å². The molecular weight excluding hydrogens is 538 g/mol. The van der Waals surface area contributed by atoms with E-state index in [1.54, 1.807) is 6.08 Å². The van der Waals surface area contributed by atoms with Crippen LogP contribution in [0.5, 0.6) is 0 Å². The summed E-state index contributed by atoms with van der Waals surface area (Å²) in [6.45, 7) is 4.39. The zero-order valence-corrected chi connectivity index (χ0v) is 26.6. The molecule has 0 aromatic heterocycles. The smallest absolute Gasteiger partial charge is 0.267 e. The van der Waals surface area contributed by atoms with Crippen LogP contribution in [0, 0.1) is 0 Å². The first-order valence-corrected chi connectivity index (χ1v) is 17.6. The molecule has 0 aromatic rings. The van der Waals surface area contributed by atoms with Crippen LogP contribution in [0.4, 0.5) is 0 Å². The monoisotopic (exact) mass is 597 g/mol. The van der Waals surface area contributed by atoms with E-state index in [1.165, 1.54) is 51.0 Å². The Balaban J connectivity index is 4.35. The van der Waals surface area contributed by atoms with Crippen molar-refractivity contribution in [2.24, 2.45) is 0 Å². The Morgan fingerprint density at radius 1 is 0.659 bits per heavy atom. The minimum Gasteiger partial charge on any atom is -0.387 e. The molecule has 7 nitrogen and oxygen atoms in total. The Hall–Kier alpha value is -1.74. The Morgan fingerprint density at radius 2 is 1.12 bits per heavy atom. The summed E-state index contributed by atoms with van der Waals surface area (Å²) in [6.07, 6.45) is 31.8. The third-order valence-electron chi connectivity index (χ3n) is 6.81. The second-order valence-electron chi connectivity index (χ2n) is 10.9. The first-order chi connectivity index (χ1) is 19.7. The van der Waals surface area contributed by atoms with Crippen LogP contribution in [-0.4, -0.2) is 53.1 Å².